The average Bonchev–Trinajstić information content (AvgIpc) is 2.99. The van der Waals surface area contributed by atoms with E-state index in [1.807, 2.05) is 68.4 Å². The van der Waals surface area contributed by atoms with E-state index in [4.69, 9.17) is 32.7 Å². The predicted octanol–water partition coefficient (Wildman–Crippen LogP) is 8.65. The summed E-state index contributed by atoms with van der Waals surface area (Å²) in [4.78, 5) is 11.5. The lowest BCUT2D eigenvalue weighted by molar-refractivity contribution is 0.342. The quantitative estimate of drug-likeness (QED) is 0.211. The topological polar surface area (TPSA) is 77.4 Å². The summed E-state index contributed by atoms with van der Waals surface area (Å²) in [7, 11) is 0. The Morgan fingerprint density at radius 2 is 1.00 bits per heavy atom. The number of fused-ring (bicyclic) bond motifs is 3. The van der Waals surface area contributed by atoms with Crippen molar-refractivity contribution in [3.63, 3.8) is 0 Å². The molecule has 0 fully saturated rings. The van der Waals surface area contributed by atoms with Crippen LogP contribution in [0.3, 0.4) is 0 Å². The van der Waals surface area contributed by atoms with Crippen LogP contribution in [0.4, 0.5) is 4.39 Å². The molecule has 0 aliphatic heterocycles. The van der Waals surface area contributed by atoms with Crippen molar-refractivity contribution in [1.82, 2.24) is 15.0 Å². The van der Waals surface area contributed by atoms with Crippen LogP contribution < -0.4 is 9.47 Å². The number of aromatic hydroxyl groups is 1. The van der Waals surface area contributed by atoms with Gasteiger partial charge in [0, 0.05) is 32.3 Å². The van der Waals surface area contributed by atoms with Gasteiger partial charge in [-0.2, -0.15) is 4.39 Å². The molecule has 0 spiro atoms. The van der Waals surface area contributed by atoms with Gasteiger partial charge in [-0.25, -0.2) is 15.0 Å². The number of hydrogen-bond donors (Lipinski definition) is 1. The summed E-state index contributed by atoms with van der Waals surface area (Å²) in [5, 5.41) is 15.0. The highest BCUT2D eigenvalue weighted by Crippen LogP contribution is 2.29. The lowest BCUT2D eigenvalue weighted by Gasteiger charge is -2.07. The molecule has 0 saturated carbocycles. The van der Waals surface area contributed by atoms with Crippen LogP contribution in [0.15, 0.2) is 91.4 Å². The van der Waals surface area contributed by atoms with Gasteiger partial charge in [0.15, 0.2) is 0 Å². The Hall–Kier alpha value is -4.20. The summed E-state index contributed by atoms with van der Waals surface area (Å²) in [6, 6.07) is 22.3. The maximum absolute atomic E-state index is 13.2. The van der Waals surface area contributed by atoms with Crippen LogP contribution in [0.25, 0.3) is 32.3 Å². The second-order valence-electron chi connectivity index (χ2n) is 8.26. The first kappa shape index (κ1) is 28.8. The van der Waals surface area contributed by atoms with Gasteiger partial charge in [-0.15, -0.1) is 0 Å². The molecule has 40 heavy (non-hydrogen) atoms. The van der Waals surface area contributed by atoms with Crippen LogP contribution in [0.2, 0.25) is 10.3 Å². The average molecular weight is 578 g/mol. The third kappa shape index (κ3) is 6.68. The molecule has 0 unspecified atom stereocenters. The van der Waals surface area contributed by atoms with Crippen LogP contribution in [-0.4, -0.2) is 33.3 Å². The van der Waals surface area contributed by atoms with Crippen LogP contribution in [0, 0.1) is 5.95 Å². The summed E-state index contributed by atoms with van der Waals surface area (Å²) in [6.07, 6.45) is 4.43. The minimum atomic E-state index is -0.455. The highest BCUT2D eigenvalue weighted by Gasteiger charge is 2.07. The molecule has 0 saturated heterocycles. The van der Waals surface area contributed by atoms with Crippen molar-refractivity contribution < 1.29 is 19.0 Å². The van der Waals surface area contributed by atoms with Crippen molar-refractivity contribution in [3.05, 3.63) is 108 Å². The SMILES string of the molecule is CCOc1cnc(Cl)c2ccccc12.CCOc1cnc(F)c2ccccc12.Oc1cnc(Cl)c2ccccc12. The summed E-state index contributed by atoms with van der Waals surface area (Å²) in [5.74, 6) is 1.12. The summed E-state index contributed by atoms with van der Waals surface area (Å²) >= 11 is 11.8. The van der Waals surface area contributed by atoms with E-state index in [0.29, 0.717) is 34.7 Å². The Bertz CT molecular complexity index is 1620. The molecule has 0 amide bonds. The van der Waals surface area contributed by atoms with Crippen LogP contribution in [0.5, 0.6) is 17.2 Å². The molecule has 0 atom stereocenters. The lowest BCUT2D eigenvalue weighted by Crippen LogP contribution is -1.95. The molecule has 204 valence electrons. The first-order valence-corrected chi connectivity index (χ1v) is 13.2. The van der Waals surface area contributed by atoms with Gasteiger partial charge in [-0.3, -0.25) is 0 Å². The second-order valence-corrected chi connectivity index (χ2v) is 8.98. The van der Waals surface area contributed by atoms with E-state index >= 15 is 0 Å². The van der Waals surface area contributed by atoms with Crippen LogP contribution in [0.1, 0.15) is 13.8 Å². The van der Waals surface area contributed by atoms with Crippen molar-refractivity contribution in [2.45, 2.75) is 13.8 Å². The first-order chi connectivity index (χ1) is 19.4. The number of halogens is 3. The van der Waals surface area contributed by atoms with Gasteiger partial charge in [0.1, 0.15) is 27.6 Å². The molecule has 3 heterocycles. The highest BCUT2D eigenvalue weighted by molar-refractivity contribution is 6.34. The van der Waals surface area contributed by atoms with Crippen LogP contribution in [-0.2, 0) is 0 Å². The van der Waals surface area contributed by atoms with E-state index in [1.165, 1.54) is 12.4 Å². The summed E-state index contributed by atoms with van der Waals surface area (Å²) < 4.78 is 24.0. The van der Waals surface area contributed by atoms with E-state index in [1.54, 1.807) is 24.4 Å². The molecule has 0 aliphatic carbocycles. The Morgan fingerprint density at radius 1 is 0.600 bits per heavy atom. The molecule has 6 aromatic rings. The molecule has 3 aromatic carbocycles. The van der Waals surface area contributed by atoms with E-state index < -0.39 is 5.95 Å². The predicted molar refractivity (Wildman–Crippen MR) is 159 cm³/mol. The maximum atomic E-state index is 13.2. The normalized spacial score (nSPS) is 10.4. The van der Waals surface area contributed by atoms with E-state index in [0.717, 1.165) is 32.7 Å². The fourth-order valence-electron chi connectivity index (χ4n) is 3.95. The van der Waals surface area contributed by atoms with E-state index in [9.17, 15) is 9.50 Å². The smallest absolute Gasteiger partial charge is 0.220 e. The van der Waals surface area contributed by atoms with Crippen molar-refractivity contribution in [2.24, 2.45) is 0 Å². The molecule has 0 aliphatic rings. The van der Waals surface area contributed by atoms with E-state index in [2.05, 4.69) is 15.0 Å². The zero-order chi connectivity index (χ0) is 28.5. The minimum Gasteiger partial charge on any atom is -0.506 e. The molecule has 6 rings (SSSR count). The van der Waals surface area contributed by atoms with Crippen LogP contribution >= 0.6 is 23.2 Å². The largest absolute Gasteiger partial charge is 0.506 e. The number of rotatable bonds is 4. The Morgan fingerprint density at radius 3 is 1.52 bits per heavy atom. The number of benzene rings is 3. The fourth-order valence-corrected chi connectivity index (χ4v) is 4.38. The first-order valence-electron chi connectivity index (χ1n) is 12.5. The Kier molecular flexibility index (Phi) is 9.89. The van der Waals surface area contributed by atoms with Crippen molar-refractivity contribution in [1.29, 1.82) is 0 Å². The molecular weight excluding hydrogens is 552 g/mol. The third-order valence-electron chi connectivity index (χ3n) is 5.74. The third-order valence-corrected chi connectivity index (χ3v) is 6.35. The zero-order valence-electron chi connectivity index (χ0n) is 21.8. The highest BCUT2D eigenvalue weighted by atomic mass is 35.5. The number of aromatic nitrogens is 3. The monoisotopic (exact) mass is 577 g/mol. The van der Waals surface area contributed by atoms with Gasteiger partial charge in [0.2, 0.25) is 5.95 Å². The van der Waals surface area contributed by atoms with Crippen molar-refractivity contribution in [2.75, 3.05) is 13.2 Å². The molecule has 0 radical (unpaired) electrons. The van der Waals surface area contributed by atoms with Gasteiger partial charge >= 0.3 is 0 Å². The van der Waals surface area contributed by atoms with Gasteiger partial charge < -0.3 is 14.6 Å². The standard InChI is InChI=1S/C11H10ClNO.C11H10FNO.C9H6ClNO/c2*1-2-14-10-7-13-11(12)9-6-4-3-5-8(9)10;10-9-7-4-2-1-3-6(7)8(12)5-11-9/h2*3-7H,2H2,1H3;1-5,12H. The molecular formula is C31H26Cl2FN3O3. The zero-order valence-corrected chi connectivity index (χ0v) is 23.3. The lowest BCUT2D eigenvalue weighted by atomic mass is 10.1. The van der Waals surface area contributed by atoms with Crippen molar-refractivity contribution >= 4 is 55.5 Å². The Balaban J connectivity index is 0.000000139. The van der Waals surface area contributed by atoms with Gasteiger partial charge in [-0.1, -0.05) is 89.9 Å². The summed E-state index contributed by atoms with van der Waals surface area (Å²) in [6.45, 7) is 5.02. The molecule has 3 aromatic heterocycles. The Labute approximate surface area is 241 Å². The molecule has 6 nitrogen and oxygen atoms in total. The molecule has 0 bridgehead atoms. The number of ether oxygens (including phenoxy) is 2. The minimum absolute atomic E-state index is 0.162. The molecule has 1 N–H and O–H groups in total. The second kappa shape index (κ2) is 13.7. The molecule has 9 heteroatoms. The number of hydrogen-bond acceptors (Lipinski definition) is 6. The summed E-state index contributed by atoms with van der Waals surface area (Å²) in [5.41, 5.74) is 0. The van der Waals surface area contributed by atoms with Crippen molar-refractivity contribution in [3.8, 4) is 17.2 Å². The van der Waals surface area contributed by atoms with Gasteiger partial charge in [0.25, 0.3) is 0 Å². The number of pyridine rings is 3. The maximum Gasteiger partial charge on any atom is 0.220 e. The van der Waals surface area contributed by atoms with Gasteiger partial charge in [-0.05, 0) is 19.9 Å². The number of nitrogens with zero attached hydrogens (tertiary/aromatic N) is 3. The van der Waals surface area contributed by atoms with Gasteiger partial charge in [0.05, 0.1) is 31.8 Å². The van der Waals surface area contributed by atoms with E-state index in [-0.39, 0.29) is 5.75 Å². The fraction of sp³-hybridized carbons (Fsp3) is 0.129.